The summed E-state index contributed by atoms with van der Waals surface area (Å²) >= 11 is 0. The predicted molar refractivity (Wildman–Crippen MR) is 129 cm³/mol. The van der Waals surface area contributed by atoms with Crippen LogP contribution in [-0.2, 0) is 23.1 Å². The summed E-state index contributed by atoms with van der Waals surface area (Å²) in [7, 11) is 3.62. The van der Waals surface area contributed by atoms with Crippen molar-refractivity contribution in [2.75, 3.05) is 38.1 Å². The molecule has 15 heteroatoms. The first-order chi connectivity index (χ1) is 18.6. The van der Waals surface area contributed by atoms with Crippen molar-refractivity contribution >= 4 is 12.3 Å². The molecule has 0 radical (unpaired) electrons. The molecule has 3 aromatic heterocycles. The van der Waals surface area contributed by atoms with Gasteiger partial charge < -0.3 is 14.2 Å². The van der Waals surface area contributed by atoms with Gasteiger partial charge in [0.1, 0.15) is 37.5 Å². The summed E-state index contributed by atoms with van der Waals surface area (Å²) in [6, 6.07) is 9.01. The number of aryl methyl sites for hydroxylation is 1. The average Bonchev–Trinajstić information content (AvgIpc) is 3.52. The summed E-state index contributed by atoms with van der Waals surface area (Å²) < 4.78 is 48.2. The van der Waals surface area contributed by atoms with Gasteiger partial charge in [-0.15, -0.1) is 22.9 Å². The number of ether oxygens (including phenoxy) is 1. The van der Waals surface area contributed by atoms with Gasteiger partial charge in [-0.25, -0.2) is 14.8 Å². The van der Waals surface area contributed by atoms with Crippen LogP contribution in [0.5, 0.6) is 5.75 Å². The molecule has 204 valence electrons. The van der Waals surface area contributed by atoms with E-state index in [2.05, 4.69) is 34.8 Å². The highest BCUT2D eigenvalue weighted by Gasteiger charge is 2.32. The zero-order chi connectivity index (χ0) is 27.6. The molecule has 0 saturated carbocycles. The van der Waals surface area contributed by atoms with Crippen molar-refractivity contribution in [3.63, 3.8) is 0 Å². The number of piperazine rings is 1. The standard InChI is InChI=1S/C24H24F3N8O4/c1-33-20(14-16-7-8-28-19(13-16)34-9-11-35(2,12-10-34)37-15-36)29-22(31-33)23-30-21(32-39-23)17-3-5-18(6-4-17)38-24(25,26)27/h3-8,13,15H,9-12,14H2,1-2H3/q+1. The Morgan fingerprint density at radius 2 is 1.85 bits per heavy atom. The molecule has 0 amide bonds. The zero-order valence-corrected chi connectivity index (χ0v) is 21.0. The fourth-order valence-electron chi connectivity index (χ4n) is 4.15. The van der Waals surface area contributed by atoms with E-state index in [4.69, 9.17) is 9.36 Å². The summed E-state index contributed by atoms with van der Waals surface area (Å²) in [5, 5.41) is 8.27. The summed E-state index contributed by atoms with van der Waals surface area (Å²) in [4.78, 5) is 31.4. The third-order valence-corrected chi connectivity index (χ3v) is 6.30. The monoisotopic (exact) mass is 545 g/mol. The number of aromatic nitrogens is 6. The lowest BCUT2D eigenvalue weighted by molar-refractivity contribution is -1.07. The molecule has 39 heavy (non-hydrogen) atoms. The maximum absolute atomic E-state index is 12.4. The third kappa shape index (κ3) is 6.14. The molecule has 1 aliphatic rings. The highest BCUT2D eigenvalue weighted by atomic mass is 19.4. The Kier molecular flexibility index (Phi) is 6.91. The van der Waals surface area contributed by atoms with Crippen LogP contribution < -0.4 is 9.64 Å². The second kappa shape index (κ2) is 10.3. The van der Waals surface area contributed by atoms with Crippen LogP contribution in [0.2, 0.25) is 0 Å². The van der Waals surface area contributed by atoms with Gasteiger partial charge in [-0.2, -0.15) is 4.98 Å². The lowest BCUT2D eigenvalue weighted by Gasteiger charge is -2.38. The fraction of sp³-hybridized carbons (Fsp3) is 0.333. The summed E-state index contributed by atoms with van der Waals surface area (Å²) in [5.74, 6) is 1.59. The number of pyridine rings is 1. The van der Waals surface area contributed by atoms with Gasteiger partial charge in [-0.05, 0) is 42.0 Å². The van der Waals surface area contributed by atoms with Gasteiger partial charge in [-0.3, -0.25) is 9.52 Å². The number of quaternary nitrogens is 1. The molecule has 0 bridgehead atoms. The molecule has 4 heterocycles. The molecule has 1 aliphatic heterocycles. The van der Waals surface area contributed by atoms with Crippen LogP contribution in [0.15, 0.2) is 47.1 Å². The van der Waals surface area contributed by atoms with Crippen molar-refractivity contribution < 1.29 is 36.7 Å². The van der Waals surface area contributed by atoms with Crippen molar-refractivity contribution in [1.29, 1.82) is 0 Å². The predicted octanol–water partition coefficient (Wildman–Crippen LogP) is 2.77. The molecule has 0 spiro atoms. The van der Waals surface area contributed by atoms with Crippen LogP contribution in [0.1, 0.15) is 11.4 Å². The molecule has 0 atom stereocenters. The molecular weight excluding hydrogens is 521 g/mol. The number of likely N-dealkylation sites (N-methyl/N-ethyl adjacent to an activating group) is 1. The van der Waals surface area contributed by atoms with Crippen LogP contribution in [0.25, 0.3) is 23.1 Å². The van der Waals surface area contributed by atoms with E-state index in [1.807, 2.05) is 19.2 Å². The minimum atomic E-state index is -4.77. The number of hydroxylamine groups is 3. The van der Waals surface area contributed by atoms with Crippen LogP contribution >= 0.6 is 0 Å². The Labute approximate surface area is 220 Å². The number of carbonyl (C=O) groups excluding carboxylic acids is 1. The van der Waals surface area contributed by atoms with Crippen LogP contribution in [-0.4, -0.2) is 80.6 Å². The number of benzene rings is 1. The molecule has 5 rings (SSSR count). The minimum Gasteiger partial charge on any atom is -0.406 e. The van der Waals surface area contributed by atoms with E-state index in [0.29, 0.717) is 50.5 Å². The molecule has 12 nitrogen and oxygen atoms in total. The van der Waals surface area contributed by atoms with E-state index in [-0.39, 0.29) is 27.9 Å². The number of carbonyl (C=O) groups is 1. The number of halogens is 3. The van der Waals surface area contributed by atoms with E-state index in [1.165, 1.54) is 24.3 Å². The normalized spacial score (nSPS) is 15.3. The third-order valence-electron chi connectivity index (χ3n) is 6.30. The number of hydrogen-bond donors (Lipinski definition) is 0. The maximum Gasteiger partial charge on any atom is 0.573 e. The number of rotatable bonds is 8. The maximum atomic E-state index is 12.4. The quantitative estimate of drug-likeness (QED) is 0.241. The van der Waals surface area contributed by atoms with Gasteiger partial charge in [0.15, 0.2) is 0 Å². The van der Waals surface area contributed by atoms with Crippen molar-refractivity contribution in [2.24, 2.45) is 7.05 Å². The van der Waals surface area contributed by atoms with Gasteiger partial charge in [0.05, 0.1) is 13.1 Å². The molecule has 1 fully saturated rings. The van der Waals surface area contributed by atoms with Crippen molar-refractivity contribution in [2.45, 2.75) is 12.8 Å². The molecule has 1 saturated heterocycles. The smallest absolute Gasteiger partial charge is 0.406 e. The van der Waals surface area contributed by atoms with E-state index in [9.17, 15) is 18.0 Å². The van der Waals surface area contributed by atoms with Gasteiger partial charge >= 0.3 is 12.8 Å². The van der Waals surface area contributed by atoms with Gasteiger partial charge in [0.2, 0.25) is 11.6 Å². The summed E-state index contributed by atoms with van der Waals surface area (Å²) in [5.41, 5.74) is 1.41. The Bertz CT molecular complexity index is 1450. The van der Waals surface area contributed by atoms with Gasteiger partial charge in [0, 0.05) is 25.2 Å². The highest BCUT2D eigenvalue weighted by Crippen LogP contribution is 2.27. The molecule has 0 unspecified atom stereocenters. The van der Waals surface area contributed by atoms with Crippen molar-refractivity contribution in [1.82, 2.24) is 29.9 Å². The summed E-state index contributed by atoms with van der Waals surface area (Å²) in [6.45, 7) is 3.15. The molecule has 1 aromatic carbocycles. The van der Waals surface area contributed by atoms with Gasteiger partial charge in [-0.1, -0.05) is 5.16 Å². The number of nitrogens with zero attached hydrogens (tertiary/aromatic N) is 8. The molecule has 4 aromatic rings. The van der Waals surface area contributed by atoms with Crippen molar-refractivity contribution in [3.8, 4) is 28.9 Å². The first-order valence-electron chi connectivity index (χ1n) is 11.9. The zero-order valence-electron chi connectivity index (χ0n) is 21.0. The lowest BCUT2D eigenvalue weighted by Crippen LogP contribution is -2.57. The number of anilines is 1. The lowest BCUT2D eigenvalue weighted by atomic mass is 10.1. The van der Waals surface area contributed by atoms with E-state index in [1.54, 1.807) is 17.9 Å². The minimum absolute atomic E-state index is 0.0740. The summed E-state index contributed by atoms with van der Waals surface area (Å²) in [6.07, 6.45) is -2.57. The second-order valence-electron chi connectivity index (χ2n) is 9.10. The first-order valence-corrected chi connectivity index (χ1v) is 11.9. The number of hydrogen-bond acceptors (Lipinski definition) is 10. The Morgan fingerprint density at radius 1 is 1.10 bits per heavy atom. The van der Waals surface area contributed by atoms with E-state index >= 15 is 0 Å². The topological polar surface area (TPSA) is 121 Å². The van der Waals surface area contributed by atoms with Crippen LogP contribution in [0.4, 0.5) is 19.0 Å². The Balaban J connectivity index is 1.27. The first kappa shape index (κ1) is 26.1. The SMILES string of the molecule is Cn1nc(-c2nc(-c3ccc(OC(F)(F)F)cc3)no2)nc1Cc1ccnc(N2CC[N+](C)(OC=O)CC2)c1. The van der Waals surface area contributed by atoms with Crippen molar-refractivity contribution in [3.05, 3.63) is 54.0 Å². The van der Waals surface area contributed by atoms with E-state index < -0.39 is 6.36 Å². The second-order valence-corrected chi connectivity index (χ2v) is 9.10. The fourth-order valence-corrected chi connectivity index (χ4v) is 4.15. The van der Waals surface area contributed by atoms with Crippen LogP contribution in [0, 0.1) is 0 Å². The highest BCUT2D eigenvalue weighted by molar-refractivity contribution is 5.57. The largest absolute Gasteiger partial charge is 0.573 e. The molecule has 0 aliphatic carbocycles. The van der Waals surface area contributed by atoms with E-state index in [0.717, 1.165) is 11.4 Å². The average molecular weight is 546 g/mol. The molecular formula is C24H24F3N8O4+. The van der Waals surface area contributed by atoms with Crippen LogP contribution in [0.3, 0.4) is 0 Å². The molecule has 0 N–H and O–H groups in total. The number of alkyl halides is 3. The van der Waals surface area contributed by atoms with Gasteiger partial charge in [0.25, 0.3) is 5.89 Å². The Hall–Kier alpha value is -4.53. The Morgan fingerprint density at radius 3 is 2.54 bits per heavy atom.